The van der Waals surface area contributed by atoms with Gasteiger partial charge in [-0.15, -0.1) is 10.2 Å². The molecular formula is C21H19N5O2S. The number of nitrogens with one attached hydrogen (secondary N) is 1. The number of amides is 1. The second-order valence-electron chi connectivity index (χ2n) is 6.91. The minimum atomic E-state index is -0.346. The van der Waals surface area contributed by atoms with Gasteiger partial charge >= 0.3 is 0 Å². The summed E-state index contributed by atoms with van der Waals surface area (Å²) in [5.41, 5.74) is 3.13. The second kappa shape index (κ2) is 7.92. The molecule has 2 heterocycles. The predicted molar refractivity (Wildman–Crippen MR) is 114 cm³/mol. The third kappa shape index (κ3) is 4.07. The maximum Gasteiger partial charge on any atom is 0.269 e. The van der Waals surface area contributed by atoms with Crippen molar-refractivity contribution >= 4 is 33.4 Å². The molecule has 0 spiro atoms. The Morgan fingerprint density at radius 3 is 2.62 bits per heavy atom. The molecule has 0 fully saturated rings. The van der Waals surface area contributed by atoms with Gasteiger partial charge in [-0.2, -0.15) is 0 Å². The number of nitrogens with zero attached hydrogens (tertiary/aromatic N) is 4. The van der Waals surface area contributed by atoms with Gasteiger partial charge in [-0.3, -0.25) is 19.5 Å². The van der Waals surface area contributed by atoms with Gasteiger partial charge in [0.2, 0.25) is 11.0 Å². The summed E-state index contributed by atoms with van der Waals surface area (Å²) in [5, 5.41) is 12.1. The molecule has 8 heteroatoms. The van der Waals surface area contributed by atoms with Gasteiger partial charge in [0.05, 0.1) is 17.2 Å². The van der Waals surface area contributed by atoms with E-state index in [1.54, 1.807) is 18.2 Å². The summed E-state index contributed by atoms with van der Waals surface area (Å²) in [5.74, 6) is 0.113. The first-order valence-electron chi connectivity index (χ1n) is 9.19. The lowest BCUT2D eigenvalue weighted by atomic mass is 10.0. The lowest BCUT2D eigenvalue weighted by Crippen LogP contribution is -2.27. The fourth-order valence-corrected chi connectivity index (χ4v) is 3.75. The zero-order chi connectivity index (χ0) is 20.4. The van der Waals surface area contributed by atoms with Crippen LogP contribution >= 0.6 is 11.3 Å². The number of anilines is 1. The summed E-state index contributed by atoms with van der Waals surface area (Å²) in [6.07, 6.45) is 1.22. The Morgan fingerprint density at radius 1 is 1.10 bits per heavy atom. The minimum absolute atomic E-state index is 0.125. The third-order valence-electron chi connectivity index (χ3n) is 4.55. The van der Waals surface area contributed by atoms with Gasteiger partial charge in [0.1, 0.15) is 11.6 Å². The molecule has 4 rings (SSSR count). The van der Waals surface area contributed by atoms with E-state index in [2.05, 4.69) is 46.5 Å². The Hall–Kier alpha value is -3.39. The maximum absolute atomic E-state index is 12.5. The summed E-state index contributed by atoms with van der Waals surface area (Å²) in [4.78, 5) is 28.8. The largest absolute Gasteiger partial charge is 0.299 e. The van der Waals surface area contributed by atoms with Crippen molar-refractivity contribution in [1.29, 1.82) is 0 Å². The highest BCUT2D eigenvalue weighted by Gasteiger charge is 2.13. The molecule has 146 valence electrons. The minimum Gasteiger partial charge on any atom is -0.299 e. The Balaban J connectivity index is 1.50. The van der Waals surface area contributed by atoms with E-state index >= 15 is 0 Å². The zero-order valence-electron chi connectivity index (χ0n) is 16.0. The van der Waals surface area contributed by atoms with Crippen LogP contribution in [0.5, 0.6) is 0 Å². The molecule has 0 atom stereocenters. The van der Waals surface area contributed by atoms with Crippen LogP contribution in [0, 0.1) is 0 Å². The summed E-state index contributed by atoms with van der Waals surface area (Å²) in [6.45, 7) is 4.16. The predicted octanol–water partition coefficient (Wildman–Crippen LogP) is 3.68. The van der Waals surface area contributed by atoms with E-state index in [9.17, 15) is 9.59 Å². The molecule has 29 heavy (non-hydrogen) atoms. The normalized spacial score (nSPS) is 11.1. The Bertz CT molecular complexity index is 1230. The summed E-state index contributed by atoms with van der Waals surface area (Å²) >= 11 is 1.29. The lowest BCUT2D eigenvalue weighted by molar-refractivity contribution is -0.116. The van der Waals surface area contributed by atoms with Gasteiger partial charge in [-0.05, 0) is 23.6 Å². The van der Waals surface area contributed by atoms with Crippen molar-refractivity contribution in [2.45, 2.75) is 26.3 Å². The van der Waals surface area contributed by atoms with Gasteiger partial charge in [0.15, 0.2) is 0 Å². The first-order valence-corrected chi connectivity index (χ1v) is 10.0. The van der Waals surface area contributed by atoms with E-state index in [1.165, 1.54) is 27.7 Å². The number of fused-ring (bicyclic) bond motifs is 1. The van der Waals surface area contributed by atoms with Gasteiger partial charge < -0.3 is 0 Å². The highest BCUT2D eigenvalue weighted by Crippen LogP contribution is 2.27. The Kier molecular flexibility index (Phi) is 5.18. The number of hydrogen-bond acceptors (Lipinski definition) is 6. The van der Waals surface area contributed by atoms with Gasteiger partial charge in [0.25, 0.3) is 5.56 Å². The van der Waals surface area contributed by atoms with Crippen LogP contribution in [-0.2, 0) is 11.3 Å². The number of carbonyl (C=O) groups excluding carboxylic acids is 1. The molecule has 0 saturated heterocycles. The topological polar surface area (TPSA) is 89.8 Å². The van der Waals surface area contributed by atoms with Crippen molar-refractivity contribution in [3.8, 4) is 10.6 Å². The lowest BCUT2D eigenvalue weighted by Gasteiger charge is -2.08. The number of aromatic nitrogens is 4. The van der Waals surface area contributed by atoms with Crippen LogP contribution in [0.15, 0.2) is 59.5 Å². The molecule has 0 bridgehead atoms. The van der Waals surface area contributed by atoms with Crippen molar-refractivity contribution in [3.63, 3.8) is 0 Å². The SMILES string of the molecule is CC(C)c1ccc(-c2nnc(NC(=O)Cn3c(=O)cnc4ccccc43)s2)cc1. The number of rotatable bonds is 5. The van der Waals surface area contributed by atoms with Crippen molar-refractivity contribution in [2.24, 2.45) is 0 Å². The Morgan fingerprint density at radius 2 is 1.86 bits per heavy atom. The van der Waals surface area contributed by atoms with Crippen LogP contribution in [0.2, 0.25) is 0 Å². The van der Waals surface area contributed by atoms with Crippen LogP contribution in [0.4, 0.5) is 5.13 Å². The number of benzene rings is 2. The monoisotopic (exact) mass is 405 g/mol. The molecule has 2 aromatic carbocycles. The van der Waals surface area contributed by atoms with Crippen LogP contribution in [-0.4, -0.2) is 25.7 Å². The molecule has 0 unspecified atom stereocenters. The third-order valence-corrected chi connectivity index (χ3v) is 5.44. The van der Waals surface area contributed by atoms with E-state index in [1.807, 2.05) is 18.2 Å². The fraction of sp³-hybridized carbons (Fsp3) is 0.190. The van der Waals surface area contributed by atoms with Crippen LogP contribution in [0.3, 0.4) is 0 Å². The molecule has 0 radical (unpaired) electrons. The molecule has 0 saturated carbocycles. The van der Waals surface area contributed by atoms with Crippen LogP contribution in [0.1, 0.15) is 25.3 Å². The van der Waals surface area contributed by atoms with E-state index in [0.29, 0.717) is 22.1 Å². The molecular weight excluding hydrogens is 386 g/mol. The highest BCUT2D eigenvalue weighted by atomic mass is 32.1. The van der Waals surface area contributed by atoms with E-state index in [4.69, 9.17) is 0 Å². The summed E-state index contributed by atoms with van der Waals surface area (Å²) < 4.78 is 1.39. The van der Waals surface area contributed by atoms with Gasteiger partial charge in [0, 0.05) is 5.56 Å². The van der Waals surface area contributed by atoms with E-state index < -0.39 is 0 Å². The first-order chi connectivity index (χ1) is 14.0. The smallest absolute Gasteiger partial charge is 0.269 e. The highest BCUT2D eigenvalue weighted by molar-refractivity contribution is 7.18. The Labute approximate surface area is 171 Å². The number of hydrogen-bond donors (Lipinski definition) is 1. The van der Waals surface area contributed by atoms with E-state index in [-0.39, 0.29) is 18.0 Å². The molecule has 7 nitrogen and oxygen atoms in total. The number of para-hydroxylation sites is 2. The van der Waals surface area contributed by atoms with Crippen LogP contribution < -0.4 is 10.9 Å². The van der Waals surface area contributed by atoms with E-state index in [0.717, 1.165) is 10.6 Å². The van der Waals surface area contributed by atoms with Crippen molar-refractivity contribution in [2.75, 3.05) is 5.32 Å². The quantitative estimate of drug-likeness (QED) is 0.547. The van der Waals surface area contributed by atoms with Crippen molar-refractivity contribution < 1.29 is 4.79 Å². The molecule has 1 N–H and O–H groups in total. The number of carbonyl (C=O) groups is 1. The van der Waals surface area contributed by atoms with Crippen LogP contribution in [0.25, 0.3) is 21.6 Å². The molecule has 0 aliphatic carbocycles. The standard InChI is InChI=1S/C21H19N5O2S/c1-13(2)14-7-9-15(10-8-14)20-24-25-21(29-20)23-18(27)12-26-17-6-4-3-5-16(17)22-11-19(26)28/h3-11,13H,12H2,1-2H3,(H,23,25,27). The van der Waals surface area contributed by atoms with Gasteiger partial charge in [-0.1, -0.05) is 61.6 Å². The molecule has 4 aromatic rings. The summed E-state index contributed by atoms with van der Waals surface area (Å²) in [6, 6.07) is 15.3. The van der Waals surface area contributed by atoms with Gasteiger partial charge in [-0.25, -0.2) is 4.98 Å². The van der Waals surface area contributed by atoms with Crippen molar-refractivity contribution in [3.05, 3.63) is 70.6 Å². The first kappa shape index (κ1) is 18.9. The van der Waals surface area contributed by atoms with Crippen molar-refractivity contribution in [1.82, 2.24) is 19.7 Å². The average molecular weight is 405 g/mol. The molecule has 0 aliphatic heterocycles. The molecule has 2 aromatic heterocycles. The molecule has 1 amide bonds. The maximum atomic E-state index is 12.5. The average Bonchev–Trinajstić information content (AvgIpc) is 3.18. The summed E-state index contributed by atoms with van der Waals surface area (Å²) in [7, 11) is 0. The second-order valence-corrected chi connectivity index (χ2v) is 7.89. The zero-order valence-corrected chi connectivity index (χ0v) is 16.8. The molecule has 0 aliphatic rings. The fourth-order valence-electron chi connectivity index (χ4n) is 2.98.